The van der Waals surface area contributed by atoms with Gasteiger partial charge < -0.3 is 5.32 Å². The first kappa shape index (κ1) is 29.0. The Hall–Kier alpha value is -4.00. The Balaban J connectivity index is 1.80. The Morgan fingerprint density at radius 3 is 2.73 bits per heavy atom. The number of hydrogen-bond donors (Lipinski definition) is 2. The van der Waals surface area contributed by atoms with Crippen molar-refractivity contribution in [2.45, 2.75) is 51.5 Å². The number of nitrogens with zero attached hydrogens (tertiary/aromatic N) is 4. The number of aryl methyl sites for hydroxylation is 2. The molecule has 0 fully saturated rings. The highest BCUT2D eigenvalue weighted by Gasteiger charge is 2.20. The molecule has 10 heteroatoms. The summed E-state index contributed by atoms with van der Waals surface area (Å²) in [6.45, 7) is 6.33. The number of rotatable bonds is 6. The van der Waals surface area contributed by atoms with Crippen LogP contribution in [-0.2, 0) is 29.4 Å². The monoisotopic (exact) mass is 574 g/mol. The van der Waals surface area contributed by atoms with E-state index in [2.05, 4.69) is 28.9 Å². The second-order valence-corrected chi connectivity index (χ2v) is 11.6. The highest BCUT2D eigenvalue weighted by molar-refractivity contribution is 7.92. The van der Waals surface area contributed by atoms with Crippen LogP contribution in [0.5, 0.6) is 0 Å². The molecule has 0 amide bonds. The number of aliphatic imine (C=N–C) groups is 2. The fourth-order valence-electron chi connectivity index (χ4n) is 4.19. The van der Waals surface area contributed by atoms with Crippen LogP contribution in [0.2, 0.25) is 0 Å². The maximum Gasteiger partial charge on any atom is 0.263 e. The van der Waals surface area contributed by atoms with Crippen molar-refractivity contribution in [3.8, 4) is 6.07 Å². The fraction of sp³-hybridized carbons (Fsp3) is 0.267. The van der Waals surface area contributed by atoms with Gasteiger partial charge in [-0.25, -0.2) is 13.4 Å². The van der Waals surface area contributed by atoms with Crippen LogP contribution in [0.15, 0.2) is 86.9 Å². The Labute approximate surface area is 240 Å². The van der Waals surface area contributed by atoms with Gasteiger partial charge in [0.05, 0.1) is 34.7 Å². The van der Waals surface area contributed by atoms with Gasteiger partial charge in [0, 0.05) is 12.1 Å². The molecule has 1 unspecified atom stereocenters. The molecule has 0 saturated heterocycles. The molecular formula is C30H31ClN6O2S. The third-order valence-electron chi connectivity index (χ3n) is 6.65. The maximum atomic E-state index is 13.3. The summed E-state index contributed by atoms with van der Waals surface area (Å²) in [6, 6.07) is 15.6. The Kier molecular flexibility index (Phi) is 9.35. The number of nitrogens with one attached hydrogen (secondary N) is 2. The molecular weight excluding hydrogens is 544 g/mol. The quantitative estimate of drug-likeness (QED) is 0.350. The second-order valence-electron chi connectivity index (χ2n) is 9.49. The second kappa shape index (κ2) is 12.9. The van der Waals surface area contributed by atoms with Gasteiger partial charge in [-0.2, -0.15) is 5.26 Å². The van der Waals surface area contributed by atoms with E-state index in [1.54, 1.807) is 36.7 Å². The van der Waals surface area contributed by atoms with Crippen LogP contribution in [0.3, 0.4) is 0 Å². The summed E-state index contributed by atoms with van der Waals surface area (Å²) in [5, 5.41) is 13.3. The number of fused-ring (bicyclic) bond motifs is 4. The zero-order chi connectivity index (χ0) is 28.7. The topological polar surface area (TPSA) is 120 Å². The number of hydrogen-bond acceptors (Lipinski definition) is 7. The lowest BCUT2D eigenvalue weighted by atomic mass is 10.0. The molecule has 1 atom stereocenters. The molecule has 206 valence electrons. The summed E-state index contributed by atoms with van der Waals surface area (Å²) < 4.78 is 29.3. The van der Waals surface area contributed by atoms with Gasteiger partial charge in [0.15, 0.2) is 5.84 Å². The van der Waals surface area contributed by atoms with E-state index in [9.17, 15) is 13.7 Å². The van der Waals surface area contributed by atoms with E-state index in [-0.39, 0.29) is 16.4 Å². The molecule has 40 heavy (non-hydrogen) atoms. The minimum absolute atomic E-state index is 0.0668. The van der Waals surface area contributed by atoms with Gasteiger partial charge in [-0.05, 0) is 67.1 Å². The van der Waals surface area contributed by atoms with Crippen LogP contribution >= 0.6 is 11.6 Å². The first-order chi connectivity index (χ1) is 19.2. The molecule has 1 aliphatic heterocycles. The van der Waals surface area contributed by atoms with Crippen LogP contribution in [0.25, 0.3) is 0 Å². The van der Waals surface area contributed by atoms with E-state index in [4.69, 9.17) is 21.6 Å². The first-order valence-electron chi connectivity index (χ1n) is 13.0. The number of allylic oxidation sites excluding steroid dienone is 1. The lowest BCUT2D eigenvalue weighted by molar-refractivity contribution is 0.601. The van der Waals surface area contributed by atoms with Gasteiger partial charge in [0.25, 0.3) is 10.0 Å². The lowest BCUT2D eigenvalue weighted by Crippen LogP contribution is -2.22. The van der Waals surface area contributed by atoms with Crippen LogP contribution in [0, 0.1) is 17.2 Å². The zero-order valence-electron chi connectivity index (χ0n) is 22.6. The molecule has 1 aliphatic rings. The Morgan fingerprint density at radius 2 is 1.98 bits per heavy atom. The van der Waals surface area contributed by atoms with Crippen molar-refractivity contribution in [1.82, 2.24) is 4.98 Å². The molecule has 0 spiro atoms. The van der Waals surface area contributed by atoms with Crippen LogP contribution < -0.4 is 10.0 Å². The molecule has 4 bridgehead atoms. The first-order valence-corrected chi connectivity index (χ1v) is 14.9. The van der Waals surface area contributed by atoms with Crippen molar-refractivity contribution in [3.63, 3.8) is 0 Å². The van der Waals surface area contributed by atoms with Crippen molar-refractivity contribution in [2.24, 2.45) is 15.9 Å². The van der Waals surface area contributed by atoms with Gasteiger partial charge >= 0.3 is 0 Å². The molecule has 3 aromatic rings. The molecule has 2 aromatic carbocycles. The standard InChI is InChI=1S/C30H31ClN6O2S/c1-4-20(3)29-35-25-15-22(17-33-19-25)10-12-23-14-21(18-34-30(36-29)26(31)5-2)11-13-27(23)37-40(38,39)28-9-7-6-8-24(28)16-32/h5-9,11,13-15,17,19-20,37H,4,10,12,18H2,1-3H3,(H,34,35,36)/b26-5+. The van der Waals surface area contributed by atoms with Crippen molar-refractivity contribution in [2.75, 3.05) is 10.0 Å². The van der Waals surface area contributed by atoms with Crippen LogP contribution in [-0.4, -0.2) is 25.1 Å². The molecule has 1 aromatic heterocycles. The van der Waals surface area contributed by atoms with E-state index in [0.717, 1.165) is 34.6 Å². The van der Waals surface area contributed by atoms with Crippen molar-refractivity contribution in [1.29, 1.82) is 5.26 Å². The lowest BCUT2D eigenvalue weighted by Gasteiger charge is -2.18. The summed E-state index contributed by atoms with van der Waals surface area (Å²) in [5.74, 6) is 1.29. The Bertz CT molecular complexity index is 1640. The number of amidine groups is 2. The van der Waals surface area contributed by atoms with Gasteiger partial charge in [-0.15, -0.1) is 0 Å². The molecule has 8 nitrogen and oxygen atoms in total. The summed E-state index contributed by atoms with van der Waals surface area (Å²) >= 11 is 6.52. The number of anilines is 2. The smallest absolute Gasteiger partial charge is 0.263 e. The largest absolute Gasteiger partial charge is 0.342 e. The van der Waals surface area contributed by atoms with E-state index in [1.165, 1.54) is 12.1 Å². The predicted octanol–water partition coefficient (Wildman–Crippen LogP) is 6.45. The average Bonchev–Trinajstić information content (AvgIpc) is 2.97. The van der Waals surface area contributed by atoms with Crippen molar-refractivity contribution >= 4 is 44.7 Å². The van der Waals surface area contributed by atoms with Crippen LogP contribution in [0.4, 0.5) is 11.4 Å². The molecule has 0 saturated carbocycles. The molecule has 4 rings (SSSR count). The van der Waals surface area contributed by atoms with E-state index < -0.39 is 10.0 Å². The highest BCUT2D eigenvalue weighted by Crippen LogP contribution is 2.26. The number of nitriles is 1. The Morgan fingerprint density at radius 1 is 1.18 bits per heavy atom. The summed E-state index contributed by atoms with van der Waals surface area (Å²) in [7, 11) is -4.00. The highest BCUT2D eigenvalue weighted by atomic mass is 35.5. The number of aromatic nitrogens is 1. The molecule has 2 N–H and O–H groups in total. The predicted molar refractivity (Wildman–Crippen MR) is 161 cm³/mol. The number of halogens is 1. The van der Waals surface area contributed by atoms with E-state index in [0.29, 0.717) is 35.9 Å². The summed E-state index contributed by atoms with van der Waals surface area (Å²) in [5.41, 5.74) is 3.98. The van der Waals surface area contributed by atoms with Gasteiger partial charge in [-0.1, -0.05) is 55.8 Å². The third kappa shape index (κ3) is 6.95. The molecule has 0 aliphatic carbocycles. The average molecular weight is 575 g/mol. The zero-order valence-corrected chi connectivity index (χ0v) is 24.2. The number of sulfonamides is 1. The van der Waals surface area contributed by atoms with Crippen molar-refractivity contribution < 1.29 is 8.42 Å². The number of pyridine rings is 1. The van der Waals surface area contributed by atoms with Crippen LogP contribution in [0.1, 0.15) is 49.4 Å². The minimum atomic E-state index is -4.00. The van der Waals surface area contributed by atoms with E-state index >= 15 is 0 Å². The normalized spacial score (nSPS) is 15.0. The van der Waals surface area contributed by atoms with Crippen molar-refractivity contribution in [3.05, 3.63) is 94.3 Å². The number of benzene rings is 2. The van der Waals surface area contributed by atoms with Gasteiger partial charge in [-0.3, -0.25) is 14.7 Å². The van der Waals surface area contributed by atoms with Gasteiger partial charge in [0.1, 0.15) is 16.8 Å². The summed E-state index contributed by atoms with van der Waals surface area (Å²) in [6.07, 6.45) is 7.36. The molecule has 2 heterocycles. The molecule has 0 radical (unpaired) electrons. The van der Waals surface area contributed by atoms with E-state index in [1.807, 2.05) is 31.2 Å². The SMILES string of the molecule is C/C=C(/Cl)C1=NCc2ccc(NS(=O)(=O)c3ccccc3C#N)c(c2)CCc2cncc(c2)NC(C(C)CC)=N1. The van der Waals surface area contributed by atoms with Gasteiger partial charge in [0.2, 0.25) is 0 Å². The third-order valence-corrected chi connectivity index (χ3v) is 8.46. The summed E-state index contributed by atoms with van der Waals surface area (Å²) in [4.78, 5) is 13.9. The maximum absolute atomic E-state index is 13.3. The fourth-order valence-corrected chi connectivity index (χ4v) is 5.55. The minimum Gasteiger partial charge on any atom is -0.342 e.